The molecule has 0 bridgehead atoms. The normalized spacial score (nSPS) is 28.0. The van der Waals surface area contributed by atoms with Crippen LogP contribution in [0.1, 0.15) is 24.8 Å². The summed E-state index contributed by atoms with van der Waals surface area (Å²) in [6.45, 7) is 3.42. The number of carbonyl (C=O) groups is 1. The topological polar surface area (TPSA) is 45.2 Å². The van der Waals surface area contributed by atoms with Crippen LogP contribution in [0.25, 0.3) is 0 Å². The first-order valence-electron chi connectivity index (χ1n) is 6.69. The second-order valence-electron chi connectivity index (χ2n) is 5.40. The average Bonchev–Trinajstić information content (AvgIpc) is 2.86. The van der Waals surface area contributed by atoms with Crippen molar-refractivity contribution in [1.29, 1.82) is 0 Å². The molecule has 0 saturated carbocycles. The van der Waals surface area contributed by atoms with Gasteiger partial charge in [-0.3, -0.25) is 9.78 Å². The van der Waals surface area contributed by atoms with Gasteiger partial charge in [0.15, 0.2) is 0 Å². The lowest BCUT2D eigenvalue weighted by Gasteiger charge is -2.39. The highest BCUT2D eigenvalue weighted by atomic mass is 16.2. The summed E-state index contributed by atoms with van der Waals surface area (Å²) in [5.41, 5.74) is 1.01. The van der Waals surface area contributed by atoms with Crippen LogP contribution in [0, 0.1) is 5.41 Å². The first-order chi connectivity index (χ1) is 8.80. The Bertz CT molecular complexity index is 426. The van der Waals surface area contributed by atoms with Gasteiger partial charge in [0.25, 0.3) is 0 Å². The van der Waals surface area contributed by atoms with Crippen molar-refractivity contribution in [2.45, 2.75) is 25.8 Å². The van der Waals surface area contributed by atoms with E-state index in [0.717, 1.165) is 44.5 Å². The van der Waals surface area contributed by atoms with Crippen LogP contribution in [-0.2, 0) is 11.3 Å². The van der Waals surface area contributed by atoms with E-state index in [0.29, 0.717) is 12.5 Å². The van der Waals surface area contributed by atoms with Gasteiger partial charge in [0.2, 0.25) is 5.91 Å². The van der Waals surface area contributed by atoms with E-state index in [1.54, 1.807) is 6.20 Å². The number of likely N-dealkylation sites (tertiary alicyclic amines) is 1. The fourth-order valence-corrected chi connectivity index (χ4v) is 3.15. The third-order valence-electron chi connectivity index (χ3n) is 4.16. The molecule has 2 aliphatic heterocycles. The zero-order chi connectivity index (χ0) is 12.4. The third-order valence-corrected chi connectivity index (χ3v) is 4.16. The molecule has 3 rings (SSSR count). The Morgan fingerprint density at radius 1 is 1.44 bits per heavy atom. The summed E-state index contributed by atoms with van der Waals surface area (Å²) in [4.78, 5) is 18.7. The second-order valence-corrected chi connectivity index (χ2v) is 5.40. The lowest BCUT2D eigenvalue weighted by molar-refractivity contribution is -0.145. The van der Waals surface area contributed by atoms with Crippen LogP contribution in [0.5, 0.6) is 0 Å². The van der Waals surface area contributed by atoms with Crippen LogP contribution >= 0.6 is 0 Å². The highest BCUT2D eigenvalue weighted by molar-refractivity contribution is 5.84. The number of nitrogens with zero attached hydrogens (tertiary/aromatic N) is 2. The van der Waals surface area contributed by atoms with Crippen molar-refractivity contribution in [3.8, 4) is 0 Å². The molecule has 96 valence electrons. The van der Waals surface area contributed by atoms with Gasteiger partial charge in [-0.05, 0) is 37.4 Å². The van der Waals surface area contributed by atoms with E-state index in [2.05, 4.69) is 10.3 Å². The van der Waals surface area contributed by atoms with E-state index in [1.807, 2.05) is 23.2 Å². The molecular formula is C14H19N3O. The summed E-state index contributed by atoms with van der Waals surface area (Å²) in [5.74, 6) is 0.336. The van der Waals surface area contributed by atoms with E-state index < -0.39 is 0 Å². The number of rotatable bonds is 2. The average molecular weight is 245 g/mol. The van der Waals surface area contributed by atoms with Crippen LogP contribution in [-0.4, -0.2) is 35.4 Å². The Balaban J connectivity index is 1.75. The molecule has 0 aliphatic carbocycles. The molecule has 3 heterocycles. The van der Waals surface area contributed by atoms with Crippen molar-refractivity contribution in [2.75, 3.05) is 19.6 Å². The molecule has 1 atom stereocenters. The number of nitrogens with one attached hydrogen (secondary N) is 1. The first kappa shape index (κ1) is 11.7. The van der Waals surface area contributed by atoms with Gasteiger partial charge in [-0.1, -0.05) is 6.07 Å². The third kappa shape index (κ3) is 2.01. The number of piperidine rings is 1. The number of aromatic nitrogens is 1. The molecule has 1 N–H and O–H groups in total. The molecule has 0 aromatic carbocycles. The minimum absolute atomic E-state index is 0.111. The predicted octanol–water partition coefficient (Wildman–Crippen LogP) is 1.18. The smallest absolute Gasteiger partial charge is 0.230 e. The first-order valence-corrected chi connectivity index (χ1v) is 6.69. The molecule has 2 saturated heterocycles. The Hall–Kier alpha value is -1.42. The SMILES string of the molecule is O=C1N(Cc2cccnc2)CCC[C@]12CCNC2. The summed E-state index contributed by atoms with van der Waals surface area (Å²) in [6, 6.07) is 3.96. The minimum Gasteiger partial charge on any atom is -0.338 e. The highest BCUT2D eigenvalue weighted by Crippen LogP contribution is 2.37. The molecule has 1 spiro atoms. The van der Waals surface area contributed by atoms with Crippen LogP contribution in [0.3, 0.4) is 0 Å². The van der Waals surface area contributed by atoms with Crippen molar-refractivity contribution in [3.63, 3.8) is 0 Å². The maximum Gasteiger partial charge on any atom is 0.230 e. The van der Waals surface area contributed by atoms with E-state index in [9.17, 15) is 4.79 Å². The van der Waals surface area contributed by atoms with Crippen LogP contribution in [0.15, 0.2) is 24.5 Å². The number of hydrogen-bond acceptors (Lipinski definition) is 3. The second kappa shape index (κ2) is 4.69. The summed E-state index contributed by atoms with van der Waals surface area (Å²) < 4.78 is 0. The summed E-state index contributed by atoms with van der Waals surface area (Å²) >= 11 is 0. The Morgan fingerprint density at radius 2 is 2.39 bits per heavy atom. The zero-order valence-corrected chi connectivity index (χ0v) is 10.6. The number of amides is 1. The van der Waals surface area contributed by atoms with E-state index in [4.69, 9.17) is 0 Å². The van der Waals surface area contributed by atoms with Crippen molar-refractivity contribution < 1.29 is 4.79 Å². The fourth-order valence-electron chi connectivity index (χ4n) is 3.15. The lowest BCUT2D eigenvalue weighted by Crippen LogP contribution is -2.49. The molecular weight excluding hydrogens is 226 g/mol. The Morgan fingerprint density at radius 3 is 3.11 bits per heavy atom. The molecule has 2 fully saturated rings. The van der Waals surface area contributed by atoms with Gasteiger partial charge in [0, 0.05) is 32.0 Å². The van der Waals surface area contributed by atoms with E-state index in [1.165, 1.54) is 0 Å². The number of pyridine rings is 1. The number of hydrogen-bond donors (Lipinski definition) is 1. The molecule has 1 aromatic heterocycles. The van der Waals surface area contributed by atoms with Crippen molar-refractivity contribution >= 4 is 5.91 Å². The molecule has 1 aromatic rings. The van der Waals surface area contributed by atoms with Crippen LogP contribution in [0.4, 0.5) is 0 Å². The molecule has 0 unspecified atom stereocenters. The van der Waals surface area contributed by atoms with Gasteiger partial charge in [-0.15, -0.1) is 0 Å². The number of carbonyl (C=O) groups excluding carboxylic acids is 1. The monoisotopic (exact) mass is 245 g/mol. The summed E-state index contributed by atoms with van der Waals surface area (Å²) in [5, 5.41) is 3.34. The van der Waals surface area contributed by atoms with Crippen molar-refractivity contribution in [2.24, 2.45) is 5.41 Å². The standard InChI is InChI=1S/C14H19N3O/c18-13-14(5-7-16-11-14)4-2-8-17(13)10-12-3-1-6-15-9-12/h1,3,6,9,16H,2,4-5,7-8,10-11H2/t14-/m1/s1. The van der Waals surface area contributed by atoms with Gasteiger partial charge in [-0.25, -0.2) is 0 Å². The van der Waals surface area contributed by atoms with E-state index in [-0.39, 0.29) is 5.41 Å². The van der Waals surface area contributed by atoms with Gasteiger partial charge in [-0.2, -0.15) is 0 Å². The summed E-state index contributed by atoms with van der Waals surface area (Å²) in [6.07, 6.45) is 6.77. The maximum atomic E-state index is 12.6. The molecule has 0 radical (unpaired) electrons. The van der Waals surface area contributed by atoms with E-state index >= 15 is 0 Å². The van der Waals surface area contributed by atoms with Gasteiger partial charge >= 0.3 is 0 Å². The predicted molar refractivity (Wildman–Crippen MR) is 68.8 cm³/mol. The molecule has 1 amide bonds. The largest absolute Gasteiger partial charge is 0.338 e. The lowest BCUT2D eigenvalue weighted by atomic mass is 9.78. The van der Waals surface area contributed by atoms with Gasteiger partial charge in [0.05, 0.1) is 5.41 Å². The Kier molecular flexibility index (Phi) is 3.04. The molecule has 2 aliphatic rings. The zero-order valence-electron chi connectivity index (χ0n) is 10.6. The quantitative estimate of drug-likeness (QED) is 0.851. The fraction of sp³-hybridized carbons (Fsp3) is 0.571. The molecule has 4 nitrogen and oxygen atoms in total. The highest BCUT2D eigenvalue weighted by Gasteiger charge is 2.45. The van der Waals surface area contributed by atoms with Crippen LogP contribution in [0.2, 0.25) is 0 Å². The molecule has 4 heteroatoms. The molecule has 18 heavy (non-hydrogen) atoms. The maximum absolute atomic E-state index is 12.6. The Labute approximate surface area is 107 Å². The minimum atomic E-state index is -0.111. The van der Waals surface area contributed by atoms with Crippen molar-refractivity contribution in [1.82, 2.24) is 15.2 Å². The van der Waals surface area contributed by atoms with Crippen molar-refractivity contribution in [3.05, 3.63) is 30.1 Å². The summed E-state index contributed by atoms with van der Waals surface area (Å²) in [7, 11) is 0. The van der Waals surface area contributed by atoms with Gasteiger partial charge in [0.1, 0.15) is 0 Å². The van der Waals surface area contributed by atoms with Gasteiger partial charge < -0.3 is 10.2 Å². The van der Waals surface area contributed by atoms with Crippen LogP contribution < -0.4 is 5.32 Å².